The maximum Gasteiger partial charge on any atom is 0.305 e. The predicted octanol–water partition coefficient (Wildman–Crippen LogP) is 2.69. The van der Waals surface area contributed by atoms with Gasteiger partial charge in [0.25, 0.3) is 0 Å². The van der Waals surface area contributed by atoms with E-state index in [4.69, 9.17) is 0 Å². The predicted molar refractivity (Wildman–Crippen MR) is 101 cm³/mol. The number of carboxylic acids is 1. The number of hydrogen-bond donors (Lipinski definition) is 2. The largest absolute Gasteiger partial charge is 0.481 e. The molecule has 26 heavy (non-hydrogen) atoms. The number of rotatable bonds is 6. The van der Waals surface area contributed by atoms with Crippen LogP contribution in [0.25, 0.3) is 10.8 Å². The van der Waals surface area contributed by atoms with Crippen LogP contribution in [-0.4, -0.2) is 35.9 Å². The third-order valence-electron chi connectivity index (χ3n) is 4.17. The van der Waals surface area contributed by atoms with Gasteiger partial charge in [0.2, 0.25) is 5.91 Å². The molecule has 1 amide bonds. The lowest BCUT2D eigenvalue weighted by Gasteiger charge is -2.22. The molecule has 0 saturated heterocycles. The van der Waals surface area contributed by atoms with Gasteiger partial charge in [0.15, 0.2) is 9.84 Å². The molecule has 7 heteroatoms. The lowest BCUT2D eigenvalue weighted by Crippen LogP contribution is -2.40. The molecule has 0 spiro atoms. The summed E-state index contributed by atoms with van der Waals surface area (Å²) in [6.07, 6.45) is -0.338. The third-order valence-corrected chi connectivity index (χ3v) is 6.68. The fourth-order valence-corrected chi connectivity index (χ4v) is 3.45. The van der Waals surface area contributed by atoms with E-state index in [2.05, 4.69) is 5.32 Å². The van der Waals surface area contributed by atoms with Crippen LogP contribution in [0.4, 0.5) is 0 Å². The van der Waals surface area contributed by atoms with Crippen LogP contribution in [0.5, 0.6) is 0 Å². The minimum absolute atomic E-state index is 0.338. The Balaban J connectivity index is 2.34. The van der Waals surface area contributed by atoms with Gasteiger partial charge in [0.05, 0.1) is 17.2 Å². The molecule has 0 heterocycles. The number of carboxylic acid groups (broad SMARTS) is 1. The molecule has 2 aromatic carbocycles. The number of carbonyl (C=O) groups is 2. The van der Waals surface area contributed by atoms with E-state index in [9.17, 15) is 23.1 Å². The summed E-state index contributed by atoms with van der Waals surface area (Å²) in [5.41, 5.74) is 0.645. The van der Waals surface area contributed by atoms with E-state index in [-0.39, 0.29) is 6.42 Å². The summed E-state index contributed by atoms with van der Waals surface area (Å²) >= 11 is 0. The van der Waals surface area contributed by atoms with Crippen molar-refractivity contribution in [2.24, 2.45) is 0 Å². The second kappa shape index (κ2) is 7.45. The van der Waals surface area contributed by atoms with Gasteiger partial charge in [-0.3, -0.25) is 9.59 Å². The van der Waals surface area contributed by atoms with Crippen LogP contribution in [0.2, 0.25) is 0 Å². The molecule has 6 nitrogen and oxygen atoms in total. The van der Waals surface area contributed by atoms with Crippen LogP contribution in [0.15, 0.2) is 42.5 Å². The molecule has 0 fully saturated rings. The Bertz CT molecular complexity index is 923. The molecule has 1 atom stereocenters. The highest BCUT2D eigenvalue weighted by Crippen LogP contribution is 2.26. The summed E-state index contributed by atoms with van der Waals surface area (Å²) in [6.45, 7) is 4.57. The lowest BCUT2D eigenvalue weighted by atomic mass is 9.96. The Labute approximate surface area is 153 Å². The van der Waals surface area contributed by atoms with Gasteiger partial charge in [-0.15, -0.1) is 0 Å². The van der Waals surface area contributed by atoms with Crippen molar-refractivity contribution < 1.29 is 23.1 Å². The first-order valence-corrected chi connectivity index (χ1v) is 9.87. The Kier molecular flexibility index (Phi) is 5.71. The Morgan fingerprint density at radius 3 is 2.31 bits per heavy atom. The summed E-state index contributed by atoms with van der Waals surface area (Å²) in [5, 5.41) is 13.5. The molecule has 2 rings (SSSR count). The van der Waals surface area contributed by atoms with Crippen LogP contribution in [0.1, 0.15) is 38.8 Å². The average Bonchev–Trinajstić information content (AvgIpc) is 2.51. The highest BCUT2D eigenvalue weighted by atomic mass is 32.2. The van der Waals surface area contributed by atoms with E-state index in [0.29, 0.717) is 5.56 Å². The standard InChI is InChI=1S/C19H23NO5S/c1-19(2,3)26(24,25)12-17(21)20-16(11-18(22)23)15-10-6-8-13-7-4-5-9-14(13)15/h4-10,16H,11-12H2,1-3H3,(H,20,21)(H,22,23)/t16-/m1/s1. The van der Waals surface area contributed by atoms with Crippen LogP contribution in [-0.2, 0) is 19.4 Å². The first kappa shape index (κ1) is 19.9. The average molecular weight is 377 g/mol. The first-order valence-electron chi connectivity index (χ1n) is 8.22. The van der Waals surface area contributed by atoms with Gasteiger partial charge in [-0.1, -0.05) is 42.5 Å². The third kappa shape index (κ3) is 4.60. The molecule has 0 aromatic heterocycles. The van der Waals surface area contributed by atoms with Crippen LogP contribution < -0.4 is 5.32 Å². The molecule has 0 saturated carbocycles. The van der Waals surface area contributed by atoms with Crippen molar-refractivity contribution in [2.75, 3.05) is 5.75 Å². The zero-order chi connectivity index (χ0) is 19.5. The molecule has 0 bridgehead atoms. The number of amides is 1. The molecule has 0 aliphatic rings. The fraction of sp³-hybridized carbons (Fsp3) is 0.368. The van der Waals surface area contributed by atoms with Gasteiger partial charge >= 0.3 is 5.97 Å². The van der Waals surface area contributed by atoms with Gasteiger partial charge in [-0.05, 0) is 37.1 Å². The van der Waals surface area contributed by atoms with E-state index in [1.54, 1.807) is 12.1 Å². The van der Waals surface area contributed by atoms with E-state index in [1.165, 1.54) is 20.8 Å². The van der Waals surface area contributed by atoms with Gasteiger partial charge in [0.1, 0.15) is 5.75 Å². The van der Waals surface area contributed by atoms with Crippen LogP contribution >= 0.6 is 0 Å². The van der Waals surface area contributed by atoms with Gasteiger partial charge in [-0.2, -0.15) is 0 Å². The Morgan fingerprint density at radius 1 is 1.08 bits per heavy atom. The van der Waals surface area contributed by atoms with E-state index in [1.807, 2.05) is 30.3 Å². The highest BCUT2D eigenvalue weighted by Gasteiger charge is 2.32. The Hall–Kier alpha value is -2.41. The van der Waals surface area contributed by atoms with Crippen LogP contribution in [0.3, 0.4) is 0 Å². The molecule has 0 aliphatic carbocycles. The zero-order valence-corrected chi connectivity index (χ0v) is 15.8. The number of sulfone groups is 1. The quantitative estimate of drug-likeness (QED) is 0.806. The molecule has 0 radical (unpaired) electrons. The number of carbonyl (C=O) groups excluding carboxylic acids is 1. The normalized spacial score (nSPS) is 13.3. The molecule has 2 N–H and O–H groups in total. The lowest BCUT2D eigenvalue weighted by molar-refractivity contribution is -0.137. The van der Waals surface area contributed by atoms with Gasteiger partial charge in [-0.25, -0.2) is 8.42 Å². The zero-order valence-electron chi connectivity index (χ0n) is 15.0. The maximum atomic E-state index is 12.3. The monoisotopic (exact) mass is 377 g/mol. The van der Waals surface area contributed by atoms with E-state index < -0.39 is 38.3 Å². The number of fused-ring (bicyclic) bond motifs is 1. The second-order valence-corrected chi connectivity index (χ2v) is 9.90. The Morgan fingerprint density at radius 2 is 1.69 bits per heavy atom. The fourth-order valence-electron chi connectivity index (χ4n) is 2.59. The van der Waals surface area contributed by atoms with Crippen LogP contribution in [0, 0.1) is 0 Å². The molecule has 140 valence electrons. The molecular weight excluding hydrogens is 354 g/mol. The number of nitrogens with one attached hydrogen (secondary N) is 1. The molecule has 2 aromatic rings. The van der Waals surface area contributed by atoms with Crippen molar-refractivity contribution in [2.45, 2.75) is 38.0 Å². The smallest absolute Gasteiger partial charge is 0.305 e. The second-order valence-electron chi connectivity index (χ2n) is 7.16. The summed E-state index contributed by atoms with van der Waals surface area (Å²) in [5.74, 6) is -2.47. The van der Waals surface area contributed by atoms with Crippen molar-refractivity contribution >= 4 is 32.5 Å². The number of hydrogen-bond acceptors (Lipinski definition) is 4. The maximum absolute atomic E-state index is 12.3. The van der Waals surface area contributed by atoms with Crippen molar-refractivity contribution in [3.63, 3.8) is 0 Å². The summed E-state index contributed by atoms with van der Waals surface area (Å²) in [7, 11) is -3.66. The van der Waals surface area contributed by atoms with E-state index in [0.717, 1.165) is 10.8 Å². The SMILES string of the molecule is CC(C)(C)S(=O)(=O)CC(=O)N[C@H](CC(=O)O)c1cccc2ccccc12. The molecule has 0 aliphatic heterocycles. The van der Waals surface area contributed by atoms with E-state index >= 15 is 0 Å². The summed E-state index contributed by atoms with van der Waals surface area (Å²) < 4.78 is 23.4. The topological polar surface area (TPSA) is 101 Å². The molecule has 0 unspecified atom stereocenters. The van der Waals surface area contributed by atoms with Gasteiger partial charge < -0.3 is 10.4 Å². The number of benzene rings is 2. The molecular formula is C19H23NO5S. The minimum atomic E-state index is -3.66. The van der Waals surface area contributed by atoms with Crippen molar-refractivity contribution in [1.29, 1.82) is 0 Å². The van der Waals surface area contributed by atoms with Crippen molar-refractivity contribution in [3.8, 4) is 0 Å². The van der Waals surface area contributed by atoms with Gasteiger partial charge in [0, 0.05) is 0 Å². The van der Waals surface area contributed by atoms with Crippen molar-refractivity contribution in [3.05, 3.63) is 48.0 Å². The number of aliphatic carboxylic acids is 1. The summed E-state index contributed by atoms with van der Waals surface area (Å²) in [6, 6.07) is 12.0. The highest BCUT2D eigenvalue weighted by molar-refractivity contribution is 7.93. The summed E-state index contributed by atoms with van der Waals surface area (Å²) in [4.78, 5) is 23.6. The van der Waals surface area contributed by atoms with Crippen molar-refractivity contribution in [1.82, 2.24) is 5.32 Å². The minimum Gasteiger partial charge on any atom is -0.481 e. The first-order chi connectivity index (χ1) is 12.0.